The summed E-state index contributed by atoms with van der Waals surface area (Å²) in [6.07, 6.45) is 2.34. The highest BCUT2D eigenvalue weighted by atomic mass is 16.2. The maximum Gasteiger partial charge on any atom is 0.243 e. The lowest BCUT2D eigenvalue weighted by Gasteiger charge is -2.11. The number of aromatic nitrogens is 3. The molecule has 2 aromatic rings. The Kier molecular flexibility index (Phi) is 2.91. The summed E-state index contributed by atoms with van der Waals surface area (Å²) in [6, 6.07) is 7.78. The van der Waals surface area contributed by atoms with E-state index in [1.165, 1.54) is 5.56 Å². The molecule has 0 aliphatic carbocycles. The summed E-state index contributed by atoms with van der Waals surface area (Å²) < 4.78 is 1.79. The predicted molar refractivity (Wildman–Crippen MR) is 70.4 cm³/mol. The van der Waals surface area contributed by atoms with Crippen LogP contribution < -0.4 is 10.6 Å². The van der Waals surface area contributed by atoms with Crippen LogP contribution in [0.5, 0.6) is 0 Å². The molecule has 3 rings (SSSR count). The maximum atomic E-state index is 12.1. The van der Waals surface area contributed by atoms with Gasteiger partial charge in [-0.2, -0.15) is 0 Å². The lowest BCUT2D eigenvalue weighted by molar-refractivity contribution is -0.121. The SMILES string of the molecule is Cn1cnnc1CNC(=O)C1Cc2ccccc2N1. The molecule has 1 aliphatic rings. The minimum atomic E-state index is -0.203. The molecule has 0 saturated carbocycles. The number of nitrogens with one attached hydrogen (secondary N) is 2. The summed E-state index contributed by atoms with van der Waals surface area (Å²) in [5.74, 6) is 0.725. The fourth-order valence-corrected chi connectivity index (χ4v) is 2.21. The van der Waals surface area contributed by atoms with Gasteiger partial charge in [0.15, 0.2) is 5.82 Å². The molecule has 6 heteroatoms. The summed E-state index contributed by atoms with van der Waals surface area (Å²) in [7, 11) is 1.85. The Hall–Kier alpha value is -2.37. The van der Waals surface area contributed by atoms with Crippen molar-refractivity contribution in [2.45, 2.75) is 19.0 Å². The second-order valence-electron chi connectivity index (χ2n) is 4.63. The molecule has 0 spiro atoms. The van der Waals surface area contributed by atoms with E-state index in [1.807, 2.05) is 31.3 Å². The van der Waals surface area contributed by atoms with Gasteiger partial charge >= 0.3 is 0 Å². The smallest absolute Gasteiger partial charge is 0.243 e. The normalized spacial score (nSPS) is 16.8. The summed E-state index contributed by atoms with van der Waals surface area (Å²) in [5.41, 5.74) is 2.22. The van der Waals surface area contributed by atoms with Crippen molar-refractivity contribution < 1.29 is 4.79 Å². The summed E-state index contributed by atoms with van der Waals surface area (Å²) >= 11 is 0. The van der Waals surface area contributed by atoms with Crippen LogP contribution in [-0.2, 0) is 24.8 Å². The Labute approximate surface area is 110 Å². The minimum Gasteiger partial charge on any atom is -0.373 e. The molecule has 1 aromatic heterocycles. The molecule has 98 valence electrons. The number of carbonyl (C=O) groups excluding carboxylic acids is 1. The van der Waals surface area contributed by atoms with Gasteiger partial charge in [0.1, 0.15) is 12.4 Å². The zero-order valence-electron chi connectivity index (χ0n) is 10.6. The Balaban J connectivity index is 1.60. The third kappa shape index (κ3) is 2.29. The summed E-state index contributed by atoms with van der Waals surface area (Å²) in [6.45, 7) is 0.393. The van der Waals surface area contributed by atoms with Crippen molar-refractivity contribution in [1.29, 1.82) is 0 Å². The number of hydrogen-bond donors (Lipinski definition) is 2. The van der Waals surface area contributed by atoms with E-state index >= 15 is 0 Å². The van der Waals surface area contributed by atoms with Gasteiger partial charge in [0.2, 0.25) is 5.91 Å². The molecule has 0 radical (unpaired) electrons. The highest BCUT2D eigenvalue weighted by Gasteiger charge is 2.26. The largest absolute Gasteiger partial charge is 0.373 e. The highest BCUT2D eigenvalue weighted by Crippen LogP contribution is 2.24. The third-order valence-electron chi connectivity index (χ3n) is 3.31. The number of anilines is 1. The van der Waals surface area contributed by atoms with Gasteiger partial charge in [0, 0.05) is 19.2 Å². The van der Waals surface area contributed by atoms with Gasteiger partial charge in [-0.15, -0.1) is 10.2 Å². The van der Waals surface area contributed by atoms with Gasteiger partial charge in [0.05, 0.1) is 6.54 Å². The van der Waals surface area contributed by atoms with Crippen molar-refractivity contribution in [3.05, 3.63) is 42.0 Å². The van der Waals surface area contributed by atoms with Crippen molar-refractivity contribution in [2.75, 3.05) is 5.32 Å². The monoisotopic (exact) mass is 257 g/mol. The van der Waals surface area contributed by atoms with Gasteiger partial charge in [-0.3, -0.25) is 4.79 Å². The number of hydrogen-bond acceptors (Lipinski definition) is 4. The van der Waals surface area contributed by atoms with Gasteiger partial charge in [0.25, 0.3) is 0 Å². The van der Waals surface area contributed by atoms with Crippen LogP contribution in [0.2, 0.25) is 0 Å². The lowest BCUT2D eigenvalue weighted by atomic mass is 10.1. The zero-order valence-corrected chi connectivity index (χ0v) is 10.6. The molecule has 2 heterocycles. The Morgan fingerprint density at radius 1 is 1.53 bits per heavy atom. The Morgan fingerprint density at radius 3 is 3.11 bits per heavy atom. The topological polar surface area (TPSA) is 71.8 Å². The first kappa shape index (κ1) is 11.7. The number of para-hydroxylation sites is 1. The number of carbonyl (C=O) groups is 1. The minimum absolute atomic E-state index is 0.0146. The molecule has 1 aliphatic heterocycles. The molecule has 1 atom stereocenters. The van der Waals surface area contributed by atoms with Crippen molar-refractivity contribution in [1.82, 2.24) is 20.1 Å². The van der Waals surface area contributed by atoms with Crippen molar-refractivity contribution >= 4 is 11.6 Å². The van der Waals surface area contributed by atoms with E-state index in [1.54, 1.807) is 10.9 Å². The summed E-state index contributed by atoms with van der Waals surface area (Å²) in [5, 5.41) is 13.8. The number of rotatable bonds is 3. The molecular formula is C13H15N5O. The molecule has 1 amide bonds. The number of amides is 1. The molecule has 2 N–H and O–H groups in total. The van der Waals surface area contributed by atoms with Crippen LogP contribution in [-0.4, -0.2) is 26.7 Å². The standard InChI is InChI=1S/C13H15N5O/c1-18-8-15-17-12(18)7-14-13(19)11-6-9-4-2-3-5-10(9)16-11/h2-5,8,11,16H,6-7H2,1H3,(H,14,19). The van der Waals surface area contributed by atoms with E-state index < -0.39 is 0 Å². The number of aryl methyl sites for hydroxylation is 1. The van der Waals surface area contributed by atoms with Crippen molar-refractivity contribution in [3.8, 4) is 0 Å². The molecule has 0 bridgehead atoms. The quantitative estimate of drug-likeness (QED) is 0.838. The average molecular weight is 257 g/mol. The highest BCUT2D eigenvalue weighted by molar-refractivity contribution is 5.87. The van der Waals surface area contributed by atoms with E-state index in [-0.39, 0.29) is 11.9 Å². The molecule has 0 saturated heterocycles. The van der Waals surface area contributed by atoms with Crippen LogP contribution in [0.3, 0.4) is 0 Å². The third-order valence-corrected chi connectivity index (χ3v) is 3.31. The van der Waals surface area contributed by atoms with E-state index in [0.29, 0.717) is 6.54 Å². The second-order valence-corrected chi connectivity index (χ2v) is 4.63. The number of nitrogens with zero attached hydrogens (tertiary/aromatic N) is 3. The zero-order chi connectivity index (χ0) is 13.2. The van der Waals surface area contributed by atoms with Crippen LogP contribution in [0.15, 0.2) is 30.6 Å². The molecule has 6 nitrogen and oxygen atoms in total. The van der Waals surface area contributed by atoms with Crippen LogP contribution in [0, 0.1) is 0 Å². The number of fused-ring (bicyclic) bond motifs is 1. The molecular weight excluding hydrogens is 242 g/mol. The van der Waals surface area contributed by atoms with Gasteiger partial charge in [-0.05, 0) is 11.6 Å². The second kappa shape index (κ2) is 4.72. The molecule has 1 unspecified atom stereocenters. The van der Waals surface area contributed by atoms with Gasteiger partial charge < -0.3 is 15.2 Å². The van der Waals surface area contributed by atoms with Crippen molar-refractivity contribution in [3.63, 3.8) is 0 Å². The van der Waals surface area contributed by atoms with E-state index in [2.05, 4.69) is 20.8 Å². The predicted octanol–water partition coefficient (Wildman–Crippen LogP) is 0.468. The first-order chi connectivity index (χ1) is 9.24. The van der Waals surface area contributed by atoms with E-state index in [0.717, 1.165) is 17.9 Å². The Morgan fingerprint density at radius 2 is 2.37 bits per heavy atom. The Bertz CT molecular complexity index is 582. The maximum absolute atomic E-state index is 12.1. The van der Waals surface area contributed by atoms with Crippen molar-refractivity contribution in [2.24, 2.45) is 7.05 Å². The van der Waals surface area contributed by atoms with Gasteiger partial charge in [-0.1, -0.05) is 18.2 Å². The average Bonchev–Trinajstić information content (AvgIpc) is 3.01. The fraction of sp³-hybridized carbons (Fsp3) is 0.308. The number of benzene rings is 1. The first-order valence-electron chi connectivity index (χ1n) is 6.19. The van der Waals surface area contributed by atoms with Crippen LogP contribution in [0.4, 0.5) is 5.69 Å². The fourth-order valence-electron chi connectivity index (χ4n) is 2.21. The van der Waals surface area contributed by atoms with Crippen LogP contribution in [0.1, 0.15) is 11.4 Å². The van der Waals surface area contributed by atoms with Crippen LogP contribution in [0.25, 0.3) is 0 Å². The van der Waals surface area contributed by atoms with Crippen LogP contribution >= 0.6 is 0 Å². The first-order valence-corrected chi connectivity index (χ1v) is 6.19. The lowest BCUT2D eigenvalue weighted by Crippen LogP contribution is -2.38. The van der Waals surface area contributed by atoms with E-state index in [4.69, 9.17) is 0 Å². The van der Waals surface area contributed by atoms with E-state index in [9.17, 15) is 4.79 Å². The van der Waals surface area contributed by atoms with Gasteiger partial charge in [-0.25, -0.2) is 0 Å². The molecule has 19 heavy (non-hydrogen) atoms. The molecule has 0 fully saturated rings. The summed E-state index contributed by atoms with van der Waals surface area (Å²) in [4.78, 5) is 12.1. The molecule has 1 aromatic carbocycles.